The second-order valence-electron chi connectivity index (χ2n) is 10.9. The Morgan fingerprint density at radius 2 is 1.85 bits per heavy atom. The molecule has 0 aliphatic heterocycles. The first kappa shape index (κ1) is 27.9. The molecule has 9 heteroatoms. The highest BCUT2D eigenvalue weighted by atomic mass is 35.5. The van der Waals surface area contributed by atoms with Gasteiger partial charge in [0.1, 0.15) is 6.04 Å². The lowest BCUT2D eigenvalue weighted by atomic mass is 9.52. The predicted octanol–water partition coefficient (Wildman–Crippen LogP) is 5.97. The van der Waals surface area contributed by atoms with Crippen LogP contribution in [-0.2, 0) is 16.0 Å². The summed E-state index contributed by atoms with van der Waals surface area (Å²) in [6.07, 6.45) is 4.97. The molecule has 206 valence electrons. The minimum Gasteiger partial charge on any atom is -0.368 e. The number of nitrogens with one attached hydrogen (secondary N) is 1. The molecular formula is C31H31Cl2N5O2. The Labute approximate surface area is 243 Å². The lowest BCUT2D eigenvalue weighted by molar-refractivity contribution is -0.130. The zero-order chi connectivity index (χ0) is 28.4. The summed E-state index contributed by atoms with van der Waals surface area (Å²) in [6.45, 7) is 4.34. The third-order valence-electron chi connectivity index (χ3n) is 8.06. The fraction of sp³-hybridized carbons (Fsp3) is 0.290. The van der Waals surface area contributed by atoms with Crippen molar-refractivity contribution in [2.24, 2.45) is 17.1 Å². The topological polar surface area (TPSA) is 103 Å². The molecule has 40 heavy (non-hydrogen) atoms. The average Bonchev–Trinajstić information content (AvgIpc) is 3.37. The van der Waals surface area contributed by atoms with E-state index < -0.39 is 11.9 Å². The maximum absolute atomic E-state index is 13.1. The van der Waals surface area contributed by atoms with Crippen LogP contribution in [0.1, 0.15) is 43.9 Å². The molecule has 0 spiro atoms. The summed E-state index contributed by atoms with van der Waals surface area (Å²) in [5.41, 5.74) is 9.89. The Bertz CT molecular complexity index is 1520. The Kier molecular flexibility index (Phi) is 7.97. The summed E-state index contributed by atoms with van der Waals surface area (Å²) in [5.74, 6) is -0.475. The SMILES string of the molecule is CC1(C)C(CC(=O)N[C@@H](Cc2ccccc2)C(N)=O)CC1c1cc(-c2cccnc2)nn1-c1ccc(Cl)c(Cl)c1. The van der Waals surface area contributed by atoms with Crippen LogP contribution in [0.4, 0.5) is 0 Å². The second kappa shape index (κ2) is 11.4. The predicted molar refractivity (Wildman–Crippen MR) is 157 cm³/mol. The van der Waals surface area contributed by atoms with Crippen LogP contribution in [0.2, 0.25) is 10.0 Å². The summed E-state index contributed by atoms with van der Waals surface area (Å²) >= 11 is 12.5. The number of carbonyl (C=O) groups excluding carboxylic acids is 2. The molecule has 0 bridgehead atoms. The quantitative estimate of drug-likeness (QED) is 0.256. The van der Waals surface area contributed by atoms with E-state index >= 15 is 0 Å². The summed E-state index contributed by atoms with van der Waals surface area (Å²) in [5, 5.41) is 8.71. The Hall–Kier alpha value is -3.68. The van der Waals surface area contributed by atoms with Gasteiger partial charge in [-0.2, -0.15) is 5.10 Å². The number of aromatic nitrogens is 3. The molecule has 2 unspecified atom stereocenters. The van der Waals surface area contributed by atoms with E-state index in [1.54, 1.807) is 24.5 Å². The standard InChI is InChI=1S/C31H31Cl2N5O2/c1-31(2)21(15-29(39)36-27(30(34)40)13-19-7-4-3-5-8-19)14-23(31)28-17-26(20-9-6-12-35-18-20)37-38(28)22-10-11-24(32)25(33)16-22/h3-12,16-18,21,23,27H,13-15H2,1-2H3,(H2,34,40)(H,36,39)/t21?,23?,27-/m0/s1. The maximum atomic E-state index is 13.1. The normalized spacial score (nSPS) is 18.5. The van der Waals surface area contributed by atoms with Gasteiger partial charge in [0.25, 0.3) is 0 Å². The molecule has 4 aromatic rings. The van der Waals surface area contributed by atoms with Crippen molar-refractivity contribution in [3.63, 3.8) is 0 Å². The molecule has 3 atom stereocenters. The van der Waals surface area contributed by atoms with Gasteiger partial charge in [-0.05, 0) is 59.7 Å². The zero-order valence-electron chi connectivity index (χ0n) is 22.4. The van der Waals surface area contributed by atoms with Gasteiger partial charge in [0, 0.05) is 42.4 Å². The van der Waals surface area contributed by atoms with Crippen LogP contribution >= 0.6 is 23.2 Å². The van der Waals surface area contributed by atoms with Crippen LogP contribution < -0.4 is 11.1 Å². The van der Waals surface area contributed by atoms with E-state index in [0.717, 1.165) is 34.6 Å². The van der Waals surface area contributed by atoms with Gasteiger partial charge in [-0.3, -0.25) is 14.6 Å². The smallest absolute Gasteiger partial charge is 0.240 e. The van der Waals surface area contributed by atoms with Gasteiger partial charge >= 0.3 is 0 Å². The third-order valence-corrected chi connectivity index (χ3v) is 8.80. The number of carbonyl (C=O) groups is 2. The fourth-order valence-electron chi connectivity index (χ4n) is 5.54. The Balaban J connectivity index is 1.35. The van der Waals surface area contributed by atoms with Crippen molar-refractivity contribution in [3.05, 3.63) is 100 Å². The van der Waals surface area contributed by atoms with E-state index in [2.05, 4.69) is 30.2 Å². The average molecular weight is 577 g/mol. The van der Waals surface area contributed by atoms with Crippen molar-refractivity contribution >= 4 is 35.0 Å². The van der Waals surface area contributed by atoms with Crippen molar-refractivity contribution < 1.29 is 9.59 Å². The molecule has 1 saturated carbocycles. The highest BCUT2D eigenvalue weighted by molar-refractivity contribution is 6.42. The summed E-state index contributed by atoms with van der Waals surface area (Å²) in [4.78, 5) is 29.4. The highest BCUT2D eigenvalue weighted by Crippen LogP contribution is 2.58. The summed E-state index contributed by atoms with van der Waals surface area (Å²) in [6, 6.07) is 20.2. The van der Waals surface area contributed by atoms with Gasteiger partial charge < -0.3 is 11.1 Å². The van der Waals surface area contributed by atoms with Gasteiger partial charge in [0.2, 0.25) is 11.8 Å². The van der Waals surface area contributed by atoms with Crippen LogP contribution in [0.3, 0.4) is 0 Å². The van der Waals surface area contributed by atoms with Gasteiger partial charge in [0.15, 0.2) is 0 Å². The molecule has 1 aliphatic rings. The number of primary amides is 1. The number of pyridine rings is 1. The summed E-state index contributed by atoms with van der Waals surface area (Å²) < 4.78 is 1.91. The molecule has 3 N–H and O–H groups in total. The van der Waals surface area contributed by atoms with Gasteiger partial charge in [0.05, 0.1) is 21.4 Å². The highest BCUT2D eigenvalue weighted by Gasteiger charge is 2.50. The molecule has 1 fully saturated rings. The number of nitrogens with two attached hydrogens (primary N) is 1. The van der Waals surface area contributed by atoms with E-state index in [1.165, 1.54) is 0 Å². The minimum absolute atomic E-state index is 0.113. The van der Waals surface area contributed by atoms with E-state index in [9.17, 15) is 9.59 Å². The number of amides is 2. The van der Waals surface area contributed by atoms with Crippen molar-refractivity contribution in [1.82, 2.24) is 20.1 Å². The van der Waals surface area contributed by atoms with E-state index in [4.69, 9.17) is 34.0 Å². The number of rotatable bonds is 9. The molecule has 2 heterocycles. The molecule has 2 amide bonds. The number of halogens is 2. The lowest BCUT2D eigenvalue weighted by Crippen LogP contribution is -2.49. The first-order valence-corrected chi connectivity index (χ1v) is 14.0. The number of nitrogens with zero attached hydrogens (tertiary/aromatic N) is 3. The van der Waals surface area contributed by atoms with E-state index in [1.807, 2.05) is 53.2 Å². The van der Waals surface area contributed by atoms with Crippen LogP contribution in [-0.4, -0.2) is 32.6 Å². The molecular weight excluding hydrogens is 545 g/mol. The molecule has 1 aliphatic carbocycles. The van der Waals surface area contributed by atoms with Crippen molar-refractivity contribution in [2.75, 3.05) is 0 Å². The van der Waals surface area contributed by atoms with E-state index in [-0.39, 0.29) is 23.2 Å². The third kappa shape index (κ3) is 5.76. The summed E-state index contributed by atoms with van der Waals surface area (Å²) in [7, 11) is 0. The number of benzene rings is 2. The Morgan fingerprint density at radius 3 is 2.50 bits per heavy atom. The van der Waals surface area contributed by atoms with Crippen LogP contribution in [0.25, 0.3) is 16.9 Å². The maximum Gasteiger partial charge on any atom is 0.240 e. The zero-order valence-corrected chi connectivity index (χ0v) is 23.9. The van der Waals surface area contributed by atoms with Crippen molar-refractivity contribution in [3.8, 4) is 16.9 Å². The minimum atomic E-state index is -0.757. The van der Waals surface area contributed by atoms with Gasteiger partial charge in [-0.15, -0.1) is 0 Å². The van der Waals surface area contributed by atoms with Gasteiger partial charge in [-0.25, -0.2) is 4.68 Å². The molecule has 2 aromatic carbocycles. The molecule has 0 radical (unpaired) electrons. The van der Waals surface area contributed by atoms with E-state index in [0.29, 0.717) is 22.9 Å². The fourth-order valence-corrected chi connectivity index (χ4v) is 5.83. The molecule has 7 nitrogen and oxygen atoms in total. The molecule has 5 rings (SSSR count). The van der Waals surface area contributed by atoms with Crippen LogP contribution in [0, 0.1) is 11.3 Å². The van der Waals surface area contributed by atoms with Crippen molar-refractivity contribution in [1.29, 1.82) is 0 Å². The second-order valence-corrected chi connectivity index (χ2v) is 11.7. The largest absolute Gasteiger partial charge is 0.368 e. The first-order chi connectivity index (χ1) is 19.1. The Morgan fingerprint density at radius 1 is 1.07 bits per heavy atom. The van der Waals surface area contributed by atoms with Gasteiger partial charge in [-0.1, -0.05) is 67.4 Å². The molecule has 2 aromatic heterocycles. The number of hydrogen-bond acceptors (Lipinski definition) is 4. The number of hydrogen-bond donors (Lipinski definition) is 2. The van der Waals surface area contributed by atoms with Crippen LogP contribution in [0.15, 0.2) is 79.1 Å². The monoisotopic (exact) mass is 575 g/mol. The first-order valence-electron chi connectivity index (χ1n) is 13.2. The lowest BCUT2D eigenvalue weighted by Gasteiger charge is -2.52. The van der Waals surface area contributed by atoms with Crippen LogP contribution in [0.5, 0.6) is 0 Å². The van der Waals surface area contributed by atoms with Crippen molar-refractivity contribution in [2.45, 2.75) is 45.1 Å². The molecule has 0 saturated heterocycles.